The number of carboxylic acids is 2. The first kappa shape index (κ1) is 21.0. The number of carboxylic acid groups (broad SMARTS) is 2. The molecule has 0 aromatic rings. The smallest absolute Gasteiger partial charge is 0.311 e. The van der Waals surface area contributed by atoms with Gasteiger partial charge in [0.2, 0.25) is 0 Å². The minimum atomic E-state index is -1.18. The van der Waals surface area contributed by atoms with E-state index in [1.165, 1.54) is 0 Å². The fourth-order valence-corrected chi connectivity index (χ4v) is 5.17. The molecule has 2 N–H and O–H groups in total. The van der Waals surface area contributed by atoms with E-state index in [1.54, 1.807) is 0 Å². The van der Waals surface area contributed by atoms with E-state index in [9.17, 15) is 19.8 Å². The summed E-state index contributed by atoms with van der Waals surface area (Å²) in [5.41, 5.74) is -2.33. The largest absolute Gasteiger partial charge is 0.481 e. The highest BCUT2D eigenvalue weighted by Crippen LogP contribution is 2.59. The van der Waals surface area contributed by atoms with Gasteiger partial charge in [-0.15, -0.1) is 0 Å². The van der Waals surface area contributed by atoms with Gasteiger partial charge in [-0.05, 0) is 37.5 Å². The quantitative estimate of drug-likeness (QED) is 0.531. The molecule has 0 heterocycles. The molecule has 140 valence electrons. The molecule has 1 fully saturated rings. The van der Waals surface area contributed by atoms with E-state index >= 15 is 0 Å². The zero-order valence-corrected chi connectivity index (χ0v) is 15.9. The lowest BCUT2D eigenvalue weighted by molar-refractivity contribution is -0.190. The van der Waals surface area contributed by atoms with Crippen LogP contribution in [0.15, 0.2) is 0 Å². The number of aliphatic carboxylic acids is 2. The summed E-state index contributed by atoms with van der Waals surface area (Å²) in [5.74, 6) is -2.00. The minimum Gasteiger partial charge on any atom is -0.481 e. The normalized spacial score (nSPS) is 20.7. The molecule has 4 heteroatoms. The number of rotatable bonds is 11. The highest BCUT2D eigenvalue weighted by molar-refractivity contribution is 5.87. The van der Waals surface area contributed by atoms with Crippen LogP contribution in [0.3, 0.4) is 0 Å². The first-order chi connectivity index (χ1) is 11.3. The van der Waals surface area contributed by atoms with Gasteiger partial charge in [0.1, 0.15) is 0 Å². The number of unbranched alkanes of at least 4 members (excludes halogenated alkanes) is 2. The van der Waals surface area contributed by atoms with Crippen LogP contribution >= 0.6 is 0 Å². The van der Waals surface area contributed by atoms with Crippen LogP contribution in [0.5, 0.6) is 0 Å². The van der Waals surface area contributed by atoms with Crippen LogP contribution < -0.4 is 0 Å². The maximum absolute atomic E-state index is 12.7. The molecule has 1 aliphatic rings. The number of hydrogen-bond donors (Lipinski definition) is 2. The number of carbonyl (C=O) groups is 2. The first-order valence-corrected chi connectivity index (χ1v) is 9.78. The maximum atomic E-state index is 12.7. The Morgan fingerprint density at radius 1 is 0.958 bits per heavy atom. The third-order valence-electron chi connectivity index (χ3n) is 6.45. The average Bonchev–Trinajstić information content (AvgIpc) is 3.04. The third-order valence-corrected chi connectivity index (χ3v) is 6.45. The van der Waals surface area contributed by atoms with Crippen molar-refractivity contribution < 1.29 is 19.8 Å². The summed E-state index contributed by atoms with van der Waals surface area (Å²) >= 11 is 0. The molecular formula is C20H36O4. The standard InChI is InChI=1S/C20H36O4/c1-5-7-13-19(15(3)4,17(21)22)20(18(23)24,14-8-6-2)16-11-9-10-12-16/h15-16H,5-14H2,1-4H3,(H,21,22)(H,23,24). The van der Waals surface area contributed by atoms with Crippen molar-refractivity contribution in [2.24, 2.45) is 22.7 Å². The van der Waals surface area contributed by atoms with E-state index < -0.39 is 22.8 Å². The van der Waals surface area contributed by atoms with Crippen molar-refractivity contribution in [2.45, 2.75) is 91.9 Å². The molecule has 4 nitrogen and oxygen atoms in total. The summed E-state index contributed by atoms with van der Waals surface area (Å²) in [6, 6.07) is 0. The van der Waals surface area contributed by atoms with Gasteiger partial charge in [0, 0.05) is 0 Å². The van der Waals surface area contributed by atoms with Gasteiger partial charge in [-0.25, -0.2) is 0 Å². The van der Waals surface area contributed by atoms with E-state index in [2.05, 4.69) is 0 Å². The highest BCUT2D eigenvalue weighted by atomic mass is 16.4. The van der Waals surface area contributed by atoms with Crippen molar-refractivity contribution in [1.82, 2.24) is 0 Å². The van der Waals surface area contributed by atoms with Crippen molar-refractivity contribution in [1.29, 1.82) is 0 Å². The second-order valence-electron chi connectivity index (χ2n) is 7.90. The Morgan fingerprint density at radius 2 is 1.46 bits per heavy atom. The Bertz CT molecular complexity index is 425. The molecule has 0 aromatic heterocycles. The van der Waals surface area contributed by atoms with Gasteiger partial charge in [0.25, 0.3) is 0 Å². The summed E-state index contributed by atoms with van der Waals surface area (Å²) in [5, 5.41) is 20.7. The number of hydrogen-bond acceptors (Lipinski definition) is 2. The van der Waals surface area contributed by atoms with E-state index in [0.717, 1.165) is 51.4 Å². The van der Waals surface area contributed by atoms with Crippen LogP contribution in [0, 0.1) is 22.7 Å². The monoisotopic (exact) mass is 340 g/mol. The first-order valence-electron chi connectivity index (χ1n) is 9.78. The SMILES string of the molecule is CCCCC(C(=O)O)(C(C)C)C(CCCC)(C(=O)O)C1CCCC1. The van der Waals surface area contributed by atoms with E-state index in [1.807, 2.05) is 27.7 Å². The zero-order valence-electron chi connectivity index (χ0n) is 15.9. The van der Waals surface area contributed by atoms with Crippen LogP contribution in [0.2, 0.25) is 0 Å². The van der Waals surface area contributed by atoms with Gasteiger partial charge in [0.05, 0.1) is 10.8 Å². The van der Waals surface area contributed by atoms with Gasteiger partial charge < -0.3 is 10.2 Å². The van der Waals surface area contributed by atoms with Gasteiger partial charge in [-0.3, -0.25) is 9.59 Å². The molecule has 2 atom stereocenters. The molecule has 0 aliphatic heterocycles. The Morgan fingerprint density at radius 3 is 1.83 bits per heavy atom. The van der Waals surface area contributed by atoms with Crippen molar-refractivity contribution in [3.8, 4) is 0 Å². The lowest BCUT2D eigenvalue weighted by Gasteiger charge is -2.51. The van der Waals surface area contributed by atoms with Gasteiger partial charge in [-0.2, -0.15) is 0 Å². The molecular weight excluding hydrogens is 304 g/mol. The van der Waals surface area contributed by atoms with E-state index in [-0.39, 0.29) is 11.8 Å². The van der Waals surface area contributed by atoms with Crippen molar-refractivity contribution >= 4 is 11.9 Å². The van der Waals surface area contributed by atoms with Crippen LogP contribution in [0.25, 0.3) is 0 Å². The molecule has 0 amide bonds. The van der Waals surface area contributed by atoms with Gasteiger partial charge >= 0.3 is 11.9 Å². The third kappa shape index (κ3) is 3.48. The van der Waals surface area contributed by atoms with Crippen LogP contribution in [-0.2, 0) is 9.59 Å². The van der Waals surface area contributed by atoms with Crippen molar-refractivity contribution in [3.63, 3.8) is 0 Å². The molecule has 24 heavy (non-hydrogen) atoms. The Balaban J connectivity index is 3.57. The van der Waals surface area contributed by atoms with Crippen molar-refractivity contribution in [2.75, 3.05) is 0 Å². The molecule has 0 aromatic carbocycles. The fraction of sp³-hybridized carbons (Fsp3) is 0.900. The highest BCUT2D eigenvalue weighted by Gasteiger charge is 2.65. The average molecular weight is 341 g/mol. The molecule has 1 saturated carbocycles. The molecule has 0 bridgehead atoms. The Kier molecular flexibility index (Phi) is 7.75. The molecule has 0 spiro atoms. The summed E-state index contributed by atoms with van der Waals surface area (Å²) in [6.45, 7) is 7.90. The summed E-state index contributed by atoms with van der Waals surface area (Å²) < 4.78 is 0. The minimum absolute atomic E-state index is 0.0168. The lowest BCUT2D eigenvalue weighted by Crippen LogP contribution is -2.58. The van der Waals surface area contributed by atoms with Crippen LogP contribution in [0.1, 0.15) is 91.9 Å². The lowest BCUT2D eigenvalue weighted by atomic mass is 9.49. The predicted octanol–water partition coefficient (Wildman–Crippen LogP) is 5.36. The molecule has 0 saturated heterocycles. The van der Waals surface area contributed by atoms with E-state index in [0.29, 0.717) is 12.8 Å². The van der Waals surface area contributed by atoms with Crippen LogP contribution in [-0.4, -0.2) is 22.2 Å². The van der Waals surface area contributed by atoms with Gasteiger partial charge in [-0.1, -0.05) is 66.2 Å². The molecule has 1 rings (SSSR count). The van der Waals surface area contributed by atoms with Crippen LogP contribution in [0.4, 0.5) is 0 Å². The van der Waals surface area contributed by atoms with Crippen molar-refractivity contribution in [3.05, 3.63) is 0 Å². The maximum Gasteiger partial charge on any atom is 0.311 e. The van der Waals surface area contributed by atoms with Gasteiger partial charge in [0.15, 0.2) is 0 Å². The summed E-state index contributed by atoms with van der Waals surface area (Å²) in [4.78, 5) is 25.2. The summed E-state index contributed by atoms with van der Waals surface area (Å²) in [6.07, 6.45) is 8.00. The molecule has 1 aliphatic carbocycles. The topological polar surface area (TPSA) is 74.6 Å². The Labute approximate surface area is 147 Å². The predicted molar refractivity (Wildman–Crippen MR) is 96.0 cm³/mol. The fourth-order valence-electron chi connectivity index (χ4n) is 5.17. The zero-order chi connectivity index (χ0) is 18.4. The molecule has 2 unspecified atom stereocenters. The molecule has 0 radical (unpaired) electrons. The summed E-state index contributed by atoms with van der Waals surface area (Å²) in [7, 11) is 0. The second-order valence-corrected chi connectivity index (χ2v) is 7.90. The van der Waals surface area contributed by atoms with E-state index in [4.69, 9.17) is 0 Å². The second kappa shape index (κ2) is 8.87. The Hall–Kier alpha value is -1.06.